The maximum absolute atomic E-state index is 12.8. The second kappa shape index (κ2) is 8.82. The molecular formula is C23H26N2O4. The lowest BCUT2D eigenvalue weighted by atomic mass is 10.1. The van der Waals surface area contributed by atoms with Crippen LogP contribution in [0.5, 0.6) is 11.5 Å². The number of carbonyl (C=O) groups is 1. The van der Waals surface area contributed by atoms with Crippen molar-refractivity contribution >= 4 is 5.91 Å². The topological polar surface area (TPSA) is 64.8 Å². The van der Waals surface area contributed by atoms with Gasteiger partial charge in [0.2, 0.25) is 0 Å². The number of methoxy groups -OCH3 is 1. The van der Waals surface area contributed by atoms with E-state index in [9.17, 15) is 4.79 Å². The van der Waals surface area contributed by atoms with Crippen LogP contribution in [-0.4, -0.2) is 30.1 Å². The van der Waals surface area contributed by atoms with E-state index in [0.717, 1.165) is 28.2 Å². The fourth-order valence-electron chi connectivity index (χ4n) is 2.98. The molecule has 0 fully saturated rings. The first-order chi connectivity index (χ1) is 13.9. The lowest BCUT2D eigenvalue weighted by molar-refractivity contribution is 0.0731. The summed E-state index contributed by atoms with van der Waals surface area (Å²) in [7, 11) is 3.36. The summed E-state index contributed by atoms with van der Waals surface area (Å²) in [6.07, 6.45) is 0. The quantitative estimate of drug-likeness (QED) is 0.580. The fourth-order valence-corrected chi connectivity index (χ4v) is 2.98. The second-order valence-electron chi connectivity index (χ2n) is 7.10. The minimum absolute atomic E-state index is 0.149. The zero-order valence-electron chi connectivity index (χ0n) is 17.4. The Balaban J connectivity index is 1.67. The van der Waals surface area contributed by atoms with E-state index in [-0.39, 0.29) is 24.2 Å². The minimum atomic E-state index is -0.220. The highest BCUT2D eigenvalue weighted by Crippen LogP contribution is 2.25. The maximum atomic E-state index is 12.8. The molecule has 29 heavy (non-hydrogen) atoms. The van der Waals surface area contributed by atoms with E-state index in [1.165, 1.54) is 0 Å². The van der Waals surface area contributed by atoms with Gasteiger partial charge in [-0.15, -0.1) is 0 Å². The number of rotatable bonds is 7. The molecular weight excluding hydrogens is 368 g/mol. The summed E-state index contributed by atoms with van der Waals surface area (Å²) in [4.78, 5) is 14.5. The van der Waals surface area contributed by atoms with E-state index in [0.29, 0.717) is 5.76 Å². The van der Waals surface area contributed by atoms with Gasteiger partial charge in [-0.2, -0.15) is 0 Å². The van der Waals surface area contributed by atoms with Gasteiger partial charge in [-0.3, -0.25) is 4.79 Å². The molecule has 2 aromatic carbocycles. The molecule has 0 aliphatic rings. The highest BCUT2D eigenvalue weighted by molar-refractivity contribution is 5.92. The van der Waals surface area contributed by atoms with Crippen LogP contribution in [0.4, 0.5) is 0 Å². The predicted octanol–water partition coefficient (Wildman–Crippen LogP) is 4.71. The van der Waals surface area contributed by atoms with Gasteiger partial charge in [0.1, 0.15) is 18.1 Å². The van der Waals surface area contributed by atoms with Crippen LogP contribution in [-0.2, 0) is 6.61 Å². The fraction of sp³-hybridized carbons (Fsp3) is 0.304. The number of aryl methyl sites for hydroxylation is 2. The van der Waals surface area contributed by atoms with Crippen molar-refractivity contribution in [1.82, 2.24) is 10.1 Å². The lowest BCUT2D eigenvalue weighted by Crippen LogP contribution is -2.29. The molecule has 1 aromatic heterocycles. The Morgan fingerprint density at radius 2 is 1.97 bits per heavy atom. The monoisotopic (exact) mass is 394 g/mol. The summed E-state index contributed by atoms with van der Waals surface area (Å²) in [5.74, 6) is 1.82. The van der Waals surface area contributed by atoms with Crippen molar-refractivity contribution in [3.05, 3.63) is 76.7 Å². The third-order valence-electron chi connectivity index (χ3n) is 4.97. The van der Waals surface area contributed by atoms with Crippen LogP contribution in [0.2, 0.25) is 0 Å². The van der Waals surface area contributed by atoms with Crippen LogP contribution in [0.15, 0.2) is 53.1 Å². The van der Waals surface area contributed by atoms with Crippen molar-refractivity contribution in [3.63, 3.8) is 0 Å². The first kappa shape index (κ1) is 20.5. The summed E-state index contributed by atoms with van der Waals surface area (Å²) in [6, 6.07) is 15.2. The Morgan fingerprint density at radius 3 is 2.72 bits per heavy atom. The van der Waals surface area contributed by atoms with Gasteiger partial charge in [-0.25, -0.2) is 0 Å². The van der Waals surface area contributed by atoms with E-state index in [4.69, 9.17) is 14.0 Å². The number of amides is 1. The van der Waals surface area contributed by atoms with Gasteiger partial charge in [0.05, 0.1) is 13.2 Å². The van der Waals surface area contributed by atoms with Crippen LogP contribution in [0, 0.1) is 13.8 Å². The lowest BCUT2D eigenvalue weighted by Gasteiger charge is -2.24. The van der Waals surface area contributed by atoms with Crippen LogP contribution in [0.1, 0.15) is 45.9 Å². The summed E-state index contributed by atoms with van der Waals surface area (Å²) >= 11 is 0. The van der Waals surface area contributed by atoms with Gasteiger partial charge in [0.25, 0.3) is 5.91 Å². The molecule has 1 atom stereocenters. The largest absolute Gasteiger partial charge is 0.497 e. The number of hydrogen-bond donors (Lipinski definition) is 0. The molecule has 1 heterocycles. The van der Waals surface area contributed by atoms with E-state index in [1.807, 2.05) is 63.2 Å². The zero-order chi connectivity index (χ0) is 21.0. The molecule has 6 nitrogen and oxygen atoms in total. The smallest absolute Gasteiger partial charge is 0.276 e. The van der Waals surface area contributed by atoms with Crippen LogP contribution < -0.4 is 9.47 Å². The molecule has 1 amide bonds. The Bertz CT molecular complexity index is 996. The molecule has 0 saturated heterocycles. The normalized spacial score (nSPS) is 11.8. The molecule has 6 heteroatoms. The van der Waals surface area contributed by atoms with Gasteiger partial charge in [0.15, 0.2) is 11.5 Å². The van der Waals surface area contributed by atoms with E-state index >= 15 is 0 Å². The Labute approximate surface area is 171 Å². The van der Waals surface area contributed by atoms with E-state index in [1.54, 1.807) is 25.1 Å². The third-order valence-corrected chi connectivity index (χ3v) is 4.97. The van der Waals surface area contributed by atoms with Gasteiger partial charge >= 0.3 is 0 Å². The van der Waals surface area contributed by atoms with Crippen molar-refractivity contribution in [2.45, 2.75) is 33.4 Å². The van der Waals surface area contributed by atoms with Crippen molar-refractivity contribution in [2.75, 3.05) is 14.2 Å². The van der Waals surface area contributed by atoms with Gasteiger partial charge in [0, 0.05) is 13.1 Å². The number of hydrogen-bond acceptors (Lipinski definition) is 5. The van der Waals surface area contributed by atoms with E-state index < -0.39 is 0 Å². The Kier molecular flexibility index (Phi) is 6.22. The van der Waals surface area contributed by atoms with Crippen LogP contribution >= 0.6 is 0 Å². The highest BCUT2D eigenvalue weighted by atomic mass is 16.5. The maximum Gasteiger partial charge on any atom is 0.276 e. The number of benzene rings is 2. The predicted molar refractivity (Wildman–Crippen MR) is 110 cm³/mol. The van der Waals surface area contributed by atoms with Gasteiger partial charge in [-0.05, 0) is 55.7 Å². The summed E-state index contributed by atoms with van der Waals surface area (Å²) in [6.45, 7) is 6.16. The molecule has 3 aromatic rings. The molecule has 0 bridgehead atoms. The number of aromatic nitrogens is 1. The molecule has 0 spiro atoms. The number of ether oxygens (including phenoxy) is 2. The highest BCUT2D eigenvalue weighted by Gasteiger charge is 2.22. The summed E-state index contributed by atoms with van der Waals surface area (Å²) in [5.41, 5.74) is 3.38. The average molecular weight is 394 g/mol. The van der Waals surface area contributed by atoms with E-state index in [2.05, 4.69) is 5.16 Å². The van der Waals surface area contributed by atoms with Crippen molar-refractivity contribution in [3.8, 4) is 11.5 Å². The van der Waals surface area contributed by atoms with Gasteiger partial charge in [-0.1, -0.05) is 29.4 Å². The zero-order valence-corrected chi connectivity index (χ0v) is 17.4. The molecule has 0 radical (unpaired) electrons. The molecule has 0 aliphatic heterocycles. The number of carbonyl (C=O) groups excluding carboxylic acids is 1. The molecule has 0 N–H and O–H groups in total. The van der Waals surface area contributed by atoms with Crippen molar-refractivity contribution in [1.29, 1.82) is 0 Å². The van der Waals surface area contributed by atoms with Crippen molar-refractivity contribution in [2.24, 2.45) is 0 Å². The second-order valence-corrected chi connectivity index (χ2v) is 7.10. The van der Waals surface area contributed by atoms with Gasteiger partial charge < -0.3 is 18.9 Å². The average Bonchev–Trinajstić information content (AvgIpc) is 3.21. The first-order valence-corrected chi connectivity index (χ1v) is 9.45. The molecule has 0 saturated carbocycles. The first-order valence-electron chi connectivity index (χ1n) is 9.45. The van der Waals surface area contributed by atoms with Crippen molar-refractivity contribution < 1.29 is 18.8 Å². The standard InChI is InChI=1S/C23H26N2O4/c1-15-9-10-16(2)22(11-15)28-14-20-13-21(24-29-20)23(26)25(4)17(3)18-7-6-8-19(12-18)27-5/h6-13,17H,14H2,1-5H3/t17-/m0/s1. The van der Waals surface area contributed by atoms with Crippen LogP contribution in [0.25, 0.3) is 0 Å². The SMILES string of the molecule is COc1cccc([C@H](C)N(C)C(=O)c2cc(COc3cc(C)ccc3C)on2)c1. The molecule has 0 aliphatic carbocycles. The Morgan fingerprint density at radius 1 is 1.17 bits per heavy atom. The molecule has 152 valence electrons. The molecule has 0 unspecified atom stereocenters. The van der Waals surface area contributed by atoms with Crippen LogP contribution in [0.3, 0.4) is 0 Å². The third kappa shape index (κ3) is 4.77. The minimum Gasteiger partial charge on any atom is -0.497 e. The Hall–Kier alpha value is -3.28. The number of nitrogens with zero attached hydrogens (tertiary/aromatic N) is 2. The molecule has 3 rings (SSSR count). The summed E-state index contributed by atoms with van der Waals surface area (Å²) in [5, 5.41) is 3.93. The summed E-state index contributed by atoms with van der Waals surface area (Å²) < 4.78 is 16.4.